The number of aromatic nitrogens is 6. The van der Waals surface area contributed by atoms with E-state index in [0.717, 1.165) is 33.8 Å². The summed E-state index contributed by atoms with van der Waals surface area (Å²) >= 11 is 0. The Morgan fingerprint density at radius 3 is 2.74 bits per heavy atom. The topological polar surface area (TPSA) is 114 Å². The lowest BCUT2D eigenvalue weighted by Gasteiger charge is -2.19. The van der Waals surface area contributed by atoms with Crippen LogP contribution in [-0.4, -0.2) is 54.3 Å². The monoisotopic (exact) mass is 470 g/mol. The summed E-state index contributed by atoms with van der Waals surface area (Å²) in [6, 6.07) is 11.7. The van der Waals surface area contributed by atoms with Crippen molar-refractivity contribution in [3.05, 3.63) is 60.8 Å². The molecule has 0 aliphatic heterocycles. The number of hydrogen-bond donors (Lipinski definition) is 2. The standard InChI is InChI=1S/C25H26N8O2/c1-15-9-17(5-8-22(15)35-18-6-7-21-19(10-18)29-14-33(21)4)30-24-23-20(27-13-28-24)11-26-25(31-23)32(3)12-16(2)34/h5-11,13-14,16,34H,12H2,1-4H3,(H,27,28,30). The van der Waals surface area contributed by atoms with Crippen molar-refractivity contribution in [1.29, 1.82) is 0 Å². The molecule has 0 radical (unpaired) electrons. The summed E-state index contributed by atoms with van der Waals surface area (Å²) in [5.41, 5.74) is 4.95. The molecule has 5 aromatic rings. The van der Waals surface area contributed by atoms with Gasteiger partial charge in [-0.15, -0.1) is 0 Å². The third-order valence-electron chi connectivity index (χ3n) is 5.61. The van der Waals surface area contributed by atoms with Gasteiger partial charge in [0.2, 0.25) is 5.95 Å². The van der Waals surface area contributed by atoms with Crippen LogP contribution in [0.5, 0.6) is 11.5 Å². The number of nitrogens with zero attached hydrogens (tertiary/aromatic N) is 7. The van der Waals surface area contributed by atoms with Crippen molar-refractivity contribution in [2.45, 2.75) is 20.0 Å². The fourth-order valence-corrected chi connectivity index (χ4v) is 3.88. The van der Waals surface area contributed by atoms with E-state index in [-0.39, 0.29) is 0 Å². The van der Waals surface area contributed by atoms with Crippen LogP contribution >= 0.6 is 0 Å². The Bertz CT molecular complexity index is 1510. The summed E-state index contributed by atoms with van der Waals surface area (Å²) in [6.07, 6.45) is 4.42. The number of imidazole rings is 1. The van der Waals surface area contributed by atoms with Crippen molar-refractivity contribution >= 4 is 39.5 Å². The maximum atomic E-state index is 9.69. The lowest BCUT2D eigenvalue weighted by atomic mass is 10.2. The highest BCUT2D eigenvalue weighted by atomic mass is 16.5. The van der Waals surface area contributed by atoms with Crippen LogP contribution in [0.25, 0.3) is 22.1 Å². The molecule has 3 aromatic heterocycles. The van der Waals surface area contributed by atoms with Gasteiger partial charge in [0, 0.05) is 32.4 Å². The molecule has 0 saturated heterocycles. The minimum Gasteiger partial charge on any atom is -0.457 e. The van der Waals surface area contributed by atoms with Gasteiger partial charge in [0.15, 0.2) is 5.82 Å². The minimum atomic E-state index is -0.501. The Hall–Kier alpha value is -4.31. The Labute approximate surface area is 202 Å². The van der Waals surface area contributed by atoms with Crippen LogP contribution in [0.1, 0.15) is 12.5 Å². The predicted molar refractivity (Wildman–Crippen MR) is 135 cm³/mol. The van der Waals surface area contributed by atoms with Crippen LogP contribution in [0, 0.1) is 6.92 Å². The quantitative estimate of drug-likeness (QED) is 0.365. The summed E-state index contributed by atoms with van der Waals surface area (Å²) < 4.78 is 8.10. The van der Waals surface area contributed by atoms with Gasteiger partial charge < -0.3 is 24.6 Å². The molecule has 10 heteroatoms. The van der Waals surface area contributed by atoms with Gasteiger partial charge in [-0.2, -0.15) is 0 Å². The highest BCUT2D eigenvalue weighted by molar-refractivity contribution is 5.87. The van der Waals surface area contributed by atoms with Crippen molar-refractivity contribution in [2.75, 3.05) is 23.8 Å². The molecule has 2 N–H and O–H groups in total. The third-order valence-corrected chi connectivity index (χ3v) is 5.61. The fourth-order valence-electron chi connectivity index (χ4n) is 3.88. The molecule has 0 amide bonds. The Balaban J connectivity index is 1.39. The van der Waals surface area contributed by atoms with Gasteiger partial charge in [-0.1, -0.05) is 0 Å². The normalized spacial score (nSPS) is 12.1. The smallest absolute Gasteiger partial charge is 0.225 e. The summed E-state index contributed by atoms with van der Waals surface area (Å²) in [6.45, 7) is 4.12. The number of aryl methyl sites for hydroxylation is 2. The molecule has 35 heavy (non-hydrogen) atoms. The third kappa shape index (κ3) is 4.69. The second kappa shape index (κ2) is 9.15. The second-order valence-electron chi connectivity index (χ2n) is 8.57. The fraction of sp³-hybridized carbons (Fsp3) is 0.240. The molecule has 1 atom stereocenters. The Morgan fingerprint density at radius 2 is 1.94 bits per heavy atom. The van der Waals surface area contributed by atoms with E-state index in [1.54, 1.807) is 24.3 Å². The number of fused-ring (bicyclic) bond motifs is 2. The van der Waals surface area contributed by atoms with E-state index < -0.39 is 6.10 Å². The molecular weight excluding hydrogens is 444 g/mol. The maximum absolute atomic E-state index is 9.69. The van der Waals surface area contributed by atoms with Gasteiger partial charge in [0.05, 0.1) is 29.7 Å². The van der Waals surface area contributed by atoms with Crippen LogP contribution in [0.15, 0.2) is 55.2 Å². The van der Waals surface area contributed by atoms with E-state index in [1.807, 2.05) is 62.0 Å². The van der Waals surface area contributed by atoms with E-state index in [1.165, 1.54) is 6.33 Å². The van der Waals surface area contributed by atoms with E-state index in [9.17, 15) is 5.11 Å². The van der Waals surface area contributed by atoms with E-state index in [4.69, 9.17) is 4.74 Å². The first-order chi connectivity index (χ1) is 16.9. The van der Waals surface area contributed by atoms with Crippen molar-refractivity contribution in [2.24, 2.45) is 7.05 Å². The minimum absolute atomic E-state index is 0.413. The van der Waals surface area contributed by atoms with E-state index in [2.05, 4.69) is 30.2 Å². The van der Waals surface area contributed by atoms with Crippen molar-refractivity contribution < 1.29 is 9.84 Å². The van der Waals surface area contributed by atoms with Gasteiger partial charge in [-0.3, -0.25) is 0 Å². The number of aliphatic hydroxyl groups is 1. The highest BCUT2D eigenvalue weighted by Gasteiger charge is 2.13. The summed E-state index contributed by atoms with van der Waals surface area (Å²) in [7, 11) is 3.80. The van der Waals surface area contributed by atoms with Gasteiger partial charge in [0.1, 0.15) is 28.9 Å². The average molecular weight is 471 g/mol. The summed E-state index contributed by atoms with van der Waals surface area (Å²) in [4.78, 5) is 23.8. The first-order valence-corrected chi connectivity index (χ1v) is 11.2. The van der Waals surface area contributed by atoms with E-state index >= 15 is 0 Å². The molecule has 0 fully saturated rings. The maximum Gasteiger partial charge on any atom is 0.225 e. The molecule has 5 rings (SSSR count). The molecule has 0 aliphatic rings. The average Bonchev–Trinajstić information content (AvgIpc) is 3.20. The van der Waals surface area contributed by atoms with Gasteiger partial charge in [-0.05, 0) is 49.7 Å². The van der Waals surface area contributed by atoms with Crippen molar-refractivity contribution in [1.82, 2.24) is 29.5 Å². The van der Waals surface area contributed by atoms with E-state index in [0.29, 0.717) is 29.3 Å². The van der Waals surface area contributed by atoms with Crippen LogP contribution in [0.3, 0.4) is 0 Å². The number of likely N-dealkylation sites (N-methyl/N-ethyl adjacent to an activating group) is 1. The SMILES string of the molecule is Cc1cc(Nc2ncnc3cnc(N(C)CC(C)O)nc23)ccc1Oc1ccc2c(c1)ncn2C. The van der Waals surface area contributed by atoms with Crippen LogP contribution in [0.2, 0.25) is 0 Å². The first kappa shape index (κ1) is 22.5. The number of hydrogen-bond acceptors (Lipinski definition) is 9. The molecular formula is C25H26N8O2. The first-order valence-electron chi connectivity index (χ1n) is 11.2. The van der Waals surface area contributed by atoms with Crippen LogP contribution in [-0.2, 0) is 7.05 Å². The molecule has 1 unspecified atom stereocenters. The zero-order valence-corrected chi connectivity index (χ0v) is 20.0. The number of anilines is 3. The van der Waals surface area contributed by atoms with Crippen molar-refractivity contribution in [3.63, 3.8) is 0 Å². The molecule has 10 nitrogen and oxygen atoms in total. The summed E-state index contributed by atoms with van der Waals surface area (Å²) in [5, 5.41) is 13.0. The summed E-state index contributed by atoms with van der Waals surface area (Å²) in [5.74, 6) is 2.54. The highest BCUT2D eigenvalue weighted by Crippen LogP contribution is 2.30. The molecule has 178 valence electrons. The van der Waals surface area contributed by atoms with Gasteiger partial charge >= 0.3 is 0 Å². The lowest BCUT2D eigenvalue weighted by Crippen LogP contribution is -2.28. The zero-order valence-electron chi connectivity index (χ0n) is 20.0. The van der Waals surface area contributed by atoms with Gasteiger partial charge in [-0.25, -0.2) is 24.9 Å². The molecule has 3 heterocycles. The number of benzene rings is 2. The predicted octanol–water partition coefficient (Wildman–Crippen LogP) is 3.97. The number of nitrogens with one attached hydrogen (secondary N) is 1. The van der Waals surface area contributed by atoms with Gasteiger partial charge in [0.25, 0.3) is 0 Å². The molecule has 0 spiro atoms. The number of ether oxygens (including phenoxy) is 1. The zero-order chi connectivity index (χ0) is 24.5. The van der Waals surface area contributed by atoms with Crippen molar-refractivity contribution in [3.8, 4) is 11.5 Å². The Morgan fingerprint density at radius 1 is 1.09 bits per heavy atom. The van der Waals surface area contributed by atoms with Crippen LogP contribution < -0.4 is 15.0 Å². The van der Waals surface area contributed by atoms with Crippen LogP contribution in [0.4, 0.5) is 17.5 Å². The molecule has 0 bridgehead atoms. The lowest BCUT2D eigenvalue weighted by molar-refractivity contribution is 0.201. The molecule has 2 aromatic carbocycles. The molecule has 0 saturated carbocycles. The number of aliphatic hydroxyl groups excluding tert-OH is 1. The number of rotatable bonds is 7. The Kier molecular flexibility index (Phi) is 5.87. The second-order valence-corrected chi connectivity index (χ2v) is 8.57. The largest absolute Gasteiger partial charge is 0.457 e. The molecule has 0 aliphatic carbocycles.